The fraction of sp³-hybridized carbons (Fsp3) is 0.286. The summed E-state index contributed by atoms with van der Waals surface area (Å²) in [5, 5.41) is 11.9. The third-order valence-electron chi connectivity index (χ3n) is 11.6. The highest BCUT2D eigenvalue weighted by molar-refractivity contribution is 6.32. The van der Waals surface area contributed by atoms with Crippen molar-refractivity contribution in [2.45, 2.75) is 44.4 Å². The number of rotatable bonds is 7. The van der Waals surface area contributed by atoms with E-state index in [9.17, 15) is 19.5 Å². The number of anilines is 2. The van der Waals surface area contributed by atoms with Gasteiger partial charge < -0.3 is 9.84 Å². The standard InChI is InChI=1S/C42H38ClN3O6/c1-4-24-12-16-28(17-13-24)45-38(48)30-19-18-29-31(35(30)40(45)50)22-32-39(49)46(44-27-14-10-23(2)11-15-27)41(51)42(32,26-8-6-5-7-9-26)36(29)25-20-33(43)37(47)34(21-25)52-3/h5-18,20-21,30-32,35-36,44,47H,4,19,22H2,1-3H3/t30-,31+,32-,35-,36-,42+/m0/s1. The number of aromatic hydroxyl groups is 1. The lowest BCUT2D eigenvalue weighted by atomic mass is 9.49. The summed E-state index contributed by atoms with van der Waals surface area (Å²) in [6.45, 7) is 4.00. The average Bonchev–Trinajstić information content (AvgIpc) is 3.54. The van der Waals surface area contributed by atoms with Crippen LogP contribution in [0.3, 0.4) is 0 Å². The van der Waals surface area contributed by atoms with Crippen molar-refractivity contribution >= 4 is 46.6 Å². The minimum atomic E-state index is -1.47. The number of methoxy groups -OCH3 is 1. The van der Waals surface area contributed by atoms with Gasteiger partial charge in [-0.2, -0.15) is 5.01 Å². The van der Waals surface area contributed by atoms with E-state index < -0.39 is 46.8 Å². The second-order valence-corrected chi connectivity index (χ2v) is 14.6. The van der Waals surface area contributed by atoms with E-state index in [1.54, 1.807) is 12.1 Å². The molecule has 52 heavy (non-hydrogen) atoms. The molecular weight excluding hydrogens is 678 g/mol. The number of benzene rings is 4. The van der Waals surface area contributed by atoms with Gasteiger partial charge in [0, 0.05) is 5.92 Å². The van der Waals surface area contributed by atoms with Gasteiger partial charge in [0.2, 0.25) is 11.8 Å². The zero-order valence-corrected chi connectivity index (χ0v) is 29.8. The maximum absolute atomic E-state index is 15.3. The smallest absolute Gasteiger partial charge is 0.260 e. The number of nitrogens with zero attached hydrogens (tertiary/aromatic N) is 2. The molecule has 0 unspecified atom stereocenters. The number of carbonyl (C=O) groups excluding carboxylic acids is 4. The zero-order valence-electron chi connectivity index (χ0n) is 29.0. The lowest BCUT2D eigenvalue weighted by Gasteiger charge is -2.50. The van der Waals surface area contributed by atoms with Crippen molar-refractivity contribution in [2.75, 3.05) is 17.4 Å². The van der Waals surface area contributed by atoms with Crippen molar-refractivity contribution in [3.63, 3.8) is 0 Å². The molecule has 1 saturated carbocycles. The molecule has 0 aromatic heterocycles. The van der Waals surface area contributed by atoms with E-state index in [1.165, 1.54) is 12.0 Å². The number of hydrogen-bond donors (Lipinski definition) is 2. The summed E-state index contributed by atoms with van der Waals surface area (Å²) < 4.78 is 5.55. The molecular formula is C42H38ClN3O6. The second kappa shape index (κ2) is 12.7. The summed E-state index contributed by atoms with van der Waals surface area (Å²) in [5.41, 5.74) is 6.80. The fourth-order valence-corrected chi connectivity index (χ4v) is 9.39. The topological polar surface area (TPSA) is 116 Å². The number of imide groups is 2. The van der Waals surface area contributed by atoms with E-state index in [2.05, 4.69) is 5.43 Å². The number of aryl methyl sites for hydroxylation is 2. The largest absolute Gasteiger partial charge is 0.503 e. The van der Waals surface area contributed by atoms with Crippen LogP contribution in [0.4, 0.5) is 11.4 Å². The van der Waals surface area contributed by atoms with E-state index in [0.29, 0.717) is 22.5 Å². The Morgan fingerprint density at radius 2 is 1.62 bits per heavy atom. The predicted molar refractivity (Wildman–Crippen MR) is 197 cm³/mol. The molecule has 264 valence electrons. The van der Waals surface area contributed by atoms with Crippen LogP contribution in [0.1, 0.15) is 47.9 Å². The maximum Gasteiger partial charge on any atom is 0.260 e. The molecule has 0 spiro atoms. The fourth-order valence-electron chi connectivity index (χ4n) is 9.17. The molecule has 4 aromatic carbocycles. The Kier molecular flexibility index (Phi) is 8.21. The molecule has 2 aliphatic carbocycles. The zero-order chi connectivity index (χ0) is 36.5. The number of hydrogen-bond acceptors (Lipinski definition) is 7. The Balaban J connectivity index is 1.32. The number of fused-ring (bicyclic) bond motifs is 4. The third-order valence-corrected chi connectivity index (χ3v) is 11.9. The minimum absolute atomic E-state index is 0.0192. The number of amides is 4. The van der Waals surface area contributed by atoms with Crippen LogP contribution < -0.4 is 15.1 Å². The van der Waals surface area contributed by atoms with Crippen LogP contribution in [0.25, 0.3) is 0 Å². The van der Waals surface area contributed by atoms with E-state index in [0.717, 1.165) is 28.1 Å². The van der Waals surface area contributed by atoms with Gasteiger partial charge in [0.1, 0.15) is 0 Å². The van der Waals surface area contributed by atoms with E-state index >= 15 is 4.79 Å². The molecule has 0 radical (unpaired) electrons. The van der Waals surface area contributed by atoms with Gasteiger partial charge in [-0.3, -0.25) is 29.5 Å². The number of allylic oxidation sites excluding steroid dienone is 2. The molecule has 0 bridgehead atoms. The molecule has 2 saturated heterocycles. The molecule has 4 aromatic rings. The first-order chi connectivity index (χ1) is 25.1. The highest BCUT2D eigenvalue weighted by Gasteiger charge is 2.70. The lowest BCUT2D eigenvalue weighted by molar-refractivity contribution is -0.138. The van der Waals surface area contributed by atoms with Crippen molar-refractivity contribution < 1.29 is 29.0 Å². The van der Waals surface area contributed by atoms with Crippen molar-refractivity contribution in [3.8, 4) is 11.5 Å². The molecule has 8 rings (SSSR count). The summed E-state index contributed by atoms with van der Waals surface area (Å²) >= 11 is 6.65. The molecule has 2 aliphatic heterocycles. The Labute approximate surface area is 306 Å². The van der Waals surface area contributed by atoms with Crippen LogP contribution in [-0.4, -0.2) is 40.9 Å². The summed E-state index contributed by atoms with van der Waals surface area (Å²) in [6, 6.07) is 27.4. The molecule has 4 aliphatic rings. The number of hydrazine groups is 1. The van der Waals surface area contributed by atoms with Gasteiger partial charge in [-0.15, -0.1) is 0 Å². The number of phenols is 1. The molecule has 9 nitrogen and oxygen atoms in total. The monoisotopic (exact) mass is 715 g/mol. The van der Waals surface area contributed by atoms with Crippen molar-refractivity contribution in [1.29, 1.82) is 0 Å². The first-order valence-corrected chi connectivity index (χ1v) is 18.0. The summed E-state index contributed by atoms with van der Waals surface area (Å²) in [7, 11) is 1.42. The molecule has 4 amide bonds. The maximum atomic E-state index is 15.3. The molecule has 10 heteroatoms. The van der Waals surface area contributed by atoms with Gasteiger partial charge in [-0.1, -0.05) is 90.3 Å². The molecule has 2 N–H and O–H groups in total. The molecule has 3 fully saturated rings. The van der Waals surface area contributed by atoms with Crippen LogP contribution >= 0.6 is 11.6 Å². The van der Waals surface area contributed by atoms with Gasteiger partial charge in [0.15, 0.2) is 11.5 Å². The number of nitrogens with one attached hydrogen (secondary N) is 1. The van der Waals surface area contributed by atoms with Gasteiger partial charge >= 0.3 is 0 Å². The van der Waals surface area contributed by atoms with Gasteiger partial charge in [0.05, 0.1) is 46.7 Å². The van der Waals surface area contributed by atoms with Crippen molar-refractivity contribution in [2.24, 2.45) is 23.7 Å². The van der Waals surface area contributed by atoms with Crippen LogP contribution in [0.5, 0.6) is 11.5 Å². The normalized spacial score (nSPS) is 26.5. The first kappa shape index (κ1) is 33.7. The van der Waals surface area contributed by atoms with Gasteiger partial charge in [-0.05, 0) is 85.2 Å². The van der Waals surface area contributed by atoms with Crippen LogP contribution in [0.2, 0.25) is 5.02 Å². The first-order valence-electron chi connectivity index (χ1n) is 17.6. The Bertz CT molecular complexity index is 2150. The predicted octanol–water partition coefficient (Wildman–Crippen LogP) is 7.11. The van der Waals surface area contributed by atoms with Gasteiger partial charge in [0.25, 0.3) is 11.8 Å². The quantitative estimate of drug-likeness (QED) is 0.155. The van der Waals surface area contributed by atoms with E-state index in [-0.39, 0.29) is 41.2 Å². The summed E-state index contributed by atoms with van der Waals surface area (Å²) in [5.74, 6) is -5.24. The minimum Gasteiger partial charge on any atom is -0.503 e. The highest BCUT2D eigenvalue weighted by atomic mass is 35.5. The second-order valence-electron chi connectivity index (χ2n) is 14.2. The number of carbonyl (C=O) groups is 4. The van der Waals surface area contributed by atoms with E-state index in [1.807, 2.05) is 98.8 Å². The van der Waals surface area contributed by atoms with Crippen LogP contribution in [-0.2, 0) is 31.0 Å². The average molecular weight is 716 g/mol. The van der Waals surface area contributed by atoms with Crippen LogP contribution in [0.15, 0.2) is 103 Å². The third kappa shape index (κ3) is 4.89. The SMILES string of the molecule is CCc1ccc(N2C(=O)[C@H]3[C@H](CC=C4[C@H]3C[C@H]3C(=O)N(Nc5ccc(C)cc5)C(=O)[C@@]3(c3ccccc3)[C@H]4c3cc(Cl)c(O)c(OC)c3)C2=O)cc1. The number of phenolic OH excluding ortho intramolecular Hbond substituents is 1. The number of ether oxygens (including phenoxy) is 1. The summed E-state index contributed by atoms with van der Waals surface area (Å²) in [6.07, 6.45) is 3.27. The molecule has 2 heterocycles. The van der Waals surface area contributed by atoms with Crippen molar-refractivity contribution in [3.05, 3.63) is 130 Å². The Hall–Kier alpha value is -5.41. The van der Waals surface area contributed by atoms with Crippen LogP contribution in [0, 0.1) is 30.6 Å². The lowest BCUT2D eigenvalue weighted by Crippen LogP contribution is -2.53. The summed E-state index contributed by atoms with van der Waals surface area (Å²) in [4.78, 5) is 60.1. The van der Waals surface area contributed by atoms with E-state index in [4.69, 9.17) is 16.3 Å². The molecule has 6 atom stereocenters. The highest BCUT2D eigenvalue weighted by Crippen LogP contribution is 2.64. The Morgan fingerprint density at radius 3 is 2.29 bits per heavy atom. The number of halogens is 1. The van der Waals surface area contributed by atoms with Crippen molar-refractivity contribution in [1.82, 2.24) is 5.01 Å². The van der Waals surface area contributed by atoms with Gasteiger partial charge in [-0.25, -0.2) is 0 Å². The Morgan fingerprint density at radius 1 is 0.904 bits per heavy atom.